The van der Waals surface area contributed by atoms with Crippen LogP contribution in [0.15, 0.2) is 102 Å². The van der Waals surface area contributed by atoms with Crippen LogP contribution in [-0.4, -0.2) is 26.8 Å². The molecule has 0 saturated heterocycles. The minimum atomic E-state index is -4.07. The third-order valence-electron chi connectivity index (χ3n) is 6.76. The molecule has 43 heavy (non-hydrogen) atoms. The summed E-state index contributed by atoms with van der Waals surface area (Å²) >= 11 is 0. The van der Waals surface area contributed by atoms with Crippen LogP contribution in [0, 0.1) is 13.8 Å². The van der Waals surface area contributed by atoms with Gasteiger partial charge in [0.05, 0.1) is 16.5 Å². The molecule has 0 bridgehead atoms. The number of benzene rings is 4. The molecule has 4 aromatic rings. The molecule has 0 fully saturated rings. The maximum absolute atomic E-state index is 13.7. The number of amides is 2. The van der Waals surface area contributed by atoms with Gasteiger partial charge in [0, 0.05) is 0 Å². The van der Waals surface area contributed by atoms with Crippen LogP contribution in [-0.2, 0) is 21.4 Å². The van der Waals surface area contributed by atoms with Crippen LogP contribution in [0.2, 0.25) is 0 Å². The summed E-state index contributed by atoms with van der Waals surface area (Å²) in [6.07, 6.45) is 1.57. The van der Waals surface area contributed by atoms with Crippen molar-refractivity contribution >= 4 is 21.8 Å². The molecule has 0 heterocycles. The van der Waals surface area contributed by atoms with Crippen molar-refractivity contribution in [2.24, 2.45) is 0 Å². The molecule has 2 amide bonds. The lowest BCUT2D eigenvalue weighted by Crippen LogP contribution is -2.34. The van der Waals surface area contributed by atoms with Gasteiger partial charge in [-0.3, -0.25) is 9.59 Å². The molecule has 0 aliphatic heterocycles. The monoisotopic (exact) mass is 600 g/mol. The van der Waals surface area contributed by atoms with Gasteiger partial charge in [-0.1, -0.05) is 85.6 Å². The molecule has 0 spiro atoms. The maximum Gasteiger partial charge on any atom is 0.271 e. The lowest BCUT2D eigenvalue weighted by atomic mass is 9.99. The Morgan fingerprint density at radius 1 is 0.814 bits per heavy atom. The average Bonchev–Trinajstić information content (AvgIpc) is 3.00. The Bertz CT molecular complexity index is 1670. The van der Waals surface area contributed by atoms with Crippen LogP contribution in [0.4, 0.5) is 0 Å². The Labute approximate surface area is 253 Å². The Kier molecular flexibility index (Phi) is 10.6. The molecule has 9 heteroatoms. The normalized spacial score (nSPS) is 11.8. The molecule has 224 valence electrons. The number of aryl methyl sites for hydroxylation is 2. The van der Waals surface area contributed by atoms with Crippen molar-refractivity contribution < 1.29 is 27.5 Å². The Balaban J connectivity index is 1.55. The topological polar surface area (TPSA) is 111 Å². The number of carbonyl (C=O) groups is 2. The second-order valence-electron chi connectivity index (χ2n) is 10.2. The highest BCUT2D eigenvalue weighted by molar-refractivity contribution is 7.90. The van der Waals surface area contributed by atoms with Crippen molar-refractivity contribution in [2.45, 2.75) is 51.2 Å². The average molecular weight is 601 g/mol. The lowest BCUT2D eigenvalue weighted by Gasteiger charge is -2.21. The number of para-hydroxylation sites is 1. The van der Waals surface area contributed by atoms with Gasteiger partial charge in [0.2, 0.25) is 0 Å². The molecule has 1 unspecified atom stereocenters. The first-order valence-electron chi connectivity index (χ1n) is 14.1. The zero-order chi connectivity index (χ0) is 30.8. The van der Waals surface area contributed by atoms with E-state index in [4.69, 9.17) is 9.47 Å². The van der Waals surface area contributed by atoms with Gasteiger partial charge >= 0.3 is 0 Å². The van der Waals surface area contributed by atoms with Gasteiger partial charge in [0.15, 0.2) is 6.61 Å². The molecule has 0 radical (unpaired) electrons. The van der Waals surface area contributed by atoms with E-state index in [9.17, 15) is 18.0 Å². The second kappa shape index (κ2) is 14.5. The fourth-order valence-electron chi connectivity index (χ4n) is 4.56. The van der Waals surface area contributed by atoms with Crippen molar-refractivity contribution in [2.75, 3.05) is 6.61 Å². The first-order chi connectivity index (χ1) is 20.7. The van der Waals surface area contributed by atoms with Crippen LogP contribution in [0.5, 0.6) is 11.5 Å². The molecule has 4 rings (SSSR count). The highest BCUT2D eigenvalue weighted by atomic mass is 32.2. The van der Waals surface area contributed by atoms with Crippen molar-refractivity contribution in [1.29, 1.82) is 0 Å². The number of ether oxygens (including phenoxy) is 2. The zero-order valence-corrected chi connectivity index (χ0v) is 25.3. The fourth-order valence-corrected chi connectivity index (χ4v) is 5.56. The summed E-state index contributed by atoms with van der Waals surface area (Å²) in [5, 5.41) is 3.12. The van der Waals surface area contributed by atoms with Crippen molar-refractivity contribution in [1.82, 2.24) is 10.0 Å². The first-order valence-corrected chi connectivity index (χ1v) is 15.6. The van der Waals surface area contributed by atoms with E-state index in [2.05, 4.69) is 12.2 Å². The Hall–Kier alpha value is -4.63. The molecular weight excluding hydrogens is 564 g/mol. The smallest absolute Gasteiger partial charge is 0.271 e. The molecule has 1 atom stereocenters. The minimum Gasteiger partial charge on any atom is -0.489 e. The molecule has 0 aromatic heterocycles. The van der Waals surface area contributed by atoms with Gasteiger partial charge in [-0.05, 0) is 67.3 Å². The van der Waals surface area contributed by atoms with E-state index in [1.54, 1.807) is 36.4 Å². The quantitative estimate of drug-likeness (QED) is 0.194. The van der Waals surface area contributed by atoms with Crippen LogP contribution >= 0.6 is 0 Å². The van der Waals surface area contributed by atoms with Gasteiger partial charge in [0.1, 0.15) is 18.1 Å². The first kappa shape index (κ1) is 31.3. The largest absolute Gasteiger partial charge is 0.489 e. The van der Waals surface area contributed by atoms with Gasteiger partial charge in [-0.15, -0.1) is 0 Å². The molecule has 4 aromatic carbocycles. The zero-order valence-electron chi connectivity index (χ0n) is 24.5. The van der Waals surface area contributed by atoms with E-state index >= 15 is 0 Å². The van der Waals surface area contributed by atoms with Crippen LogP contribution in [0.1, 0.15) is 58.4 Å². The minimum absolute atomic E-state index is 0.0421. The van der Waals surface area contributed by atoms with Gasteiger partial charge in [-0.2, -0.15) is 0 Å². The van der Waals surface area contributed by atoms with Crippen LogP contribution < -0.4 is 19.5 Å². The summed E-state index contributed by atoms with van der Waals surface area (Å²) in [6.45, 7) is 5.60. The number of carbonyl (C=O) groups excluding carboxylic acids is 2. The summed E-state index contributed by atoms with van der Waals surface area (Å²) in [7, 11) is -4.07. The van der Waals surface area contributed by atoms with E-state index in [0.717, 1.165) is 40.8 Å². The number of sulfonamides is 1. The molecule has 8 nitrogen and oxygen atoms in total. The van der Waals surface area contributed by atoms with Crippen LogP contribution in [0.25, 0.3) is 0 Å². The van der Waals surface area contributed by atoms with Crippen molar-refractivity contribution in [3.8, 4) is 11.5 Å². The van der Waals surface area contributed by atoms with Gasteiger partial charge in [-0.25, -0.2) is 13.1 Å². The highest BCUT2D eigenvalue weighted by Gasteiger charge is 2.22. The molecule has 2 N–H and O–H groups in total. The predicted molar refractivity (Wildman–Crippen MR) is 166 cm³/mol. The van der Waals surface area contributed by atoms with E-state index < -0.39 is 22.5 Å². The van der Waals surface area contributed by atoms with Crippen LogP contribution in [0.3, 0.4) is 0 Å². The van der Waals surface area contributed by atoms with E-state index in [-0.39, 0.29) is 34.8 Å². The standard InChI is InChI=1S/C34H36N2O6S/c1-4-11-30(27-14-10-12-24(2)20-27)35-34(38)29-21-26(22-41-31-17-9-8-13-25(31)3)18-19-32(29)42-23-33(37)36-43(39,40)28-15-6-5-7-16-28/h5-10,12-21,30H,4,11,22-23H2,1-3H3,(H,35,38)(H,36,37). The summed E-state index contributed by atoms with van der Waals surface area (Å²) in [5.74, 6) is -0.382. The van der Waals surface area contributed by atoms with E-state index in [1.807, 2.05) is 67.1 Å². The third kappa shape index (κ3) is 8.68. The van der Waals surface area contributed by atoms with Crippen molar-refractivity contribution in [3.05, 3.63) is 125 Å². The molecular formula is C34H36N2O6S. The maximum atomic E-state index is 13.7. The van der Waals surface area contributed by atoms with Crippen molar-refractivity contribution in [3.63, 3.8) is 0 Å². The van der Waals surface area contributed by atoms with Gasteiger partial charge < -0.3 is 14.8 Å². The molecule has 0 aliphatic rings. The lowest BCUT2D eigenvalue weighted by molar-refractivity contribution is -0.121. The second-order valence-corrected chi connectivity index (χ2v) is 11.9. The summed E-state index contributed by atoms with van der Waals surface area (Å²) in [5.41, 5.74) is 3.99. The molecule has 0 aliphatic carbocycles. The highest BCUT2D eigenvalue weighted by Crippen LogP contribution is 2.26. The summed E-state index contributed by atoms with van der Waals surface area (Å²) < 4.78 is 38.9. The van der Waals surface area contributed by atoms with E-state index in [0.29, 0.717) is 0 Å². The molecule has 0 saturated carbocycles. The predicted octanol–water partition coefficient (Wildman–Crippen LogP) is 6.04. The number of rotatable bonds is 13. The van der Waals surface area contributed by atoms with Gasteiger partial charge in [0.25, 0.3) is 21.8 Å². The summed E-state index contributed by atoms with van der Waals surface area (Å²) in [4.78, 5) is 26.3. The third-order valence-corrected chi connectivity index (χ3v) is 8.15. The SMILES string of the molecule is CCCC(NC(=O)c1cc(COc2ccccc2C)ccc1OCC(=O)NS(=O)(=O)c1ccccc1)c1cccc(C)c1. The fraction of sp³-hybridized carbons (Fsp3) is 0.235. The number of hydrogen-bond acceptors (Lipinski definition) is 6. The number of nitrogens with one attached hydrogen (secondary N) is 2. The van der Waals surface area contributed by atoms with E-state index in [1.165, 1.54) is 12.1 Å². The number of hydrogen-bond donors (Lipinski definition) is 2. The summed E-state index contributed by atoms with van der Waals surface area (Å²) in [6, 6.07) is 28.0. The Morgan fingerprint density at radius 3 is 2.28 bits per heavy atom. The Morgan fingerprint density at radius 2 is 1.56 bits per heavy atom.